The molecule has 2 aromatic rings. The smallest absolute Gasteiger partial charge is 0.252 e. The monoisotopic (exact) mass is 237 g/mol. The minimum absolute atomic E-state index is 0.0947. The van der Waals surface area contributed by atoms with E-state index in [4.69, 9.17) is 11.5 Å². The Balaban J connectivity index is 2.50. The van der Waals surface area contributed by atoms with Crippen LogP contribution in [0.4, 0.5) is 14.6 Å². The van der Waals surface area contributed by atoms with Crippen LogP contribution < -0.4 is 11.5 Å². The van der Waals surface area contributed by atoms with Crippen molar-refractivity contribution >= 4 is 11.7 Å². The first-order valence-corrected chi connectivity index (χ1v) is 4.72. The lowest BCUT2D eigenvalue weighted by Gasteiger charge is -1.98. The zero-order chi connectivity index (χ0) is 12.6. The molecule has 1 aromatic carbocycles. The van der Waals surface area contributed by atoms with Gasteiger partial charge in [0.05, 0.1) is 5.56 Å². The number of carbonyl (C=O) groups excluding carboxylic acids is 1. The molecular formula is C11H9F2N3O. The van der Waals surface area contributed by atoms with Crippen molar-refractivity contribution in [2.24, 2.45) is 5.73 Å². The van der Waals surface area contributed by atoms with Crippen LogP contribution in [0.5, 0.6) is 0 Å². The summed E-state index contributed by atoms with van der Waals surface area (Å²) in [6.45, 7) is 0. The highest BCUT2D eigenvalue weighted by atomic mass is 19.2. The topological polar surface area (TPSA) is 84.9 Å². The molecule has 0 radical (unpaired) electrons. The predicted octanol–water partition coefficient (Wildman–Crippen LogP) is 1.64. The largest absolute Gasteiger partial charge is 0.385 e. The highest BCUT2D eigenvalue weighted by Gasteiger charge is 2.12. The number of anilines is 1. The molecule has 0 saturated carbocycles. The lowest BCUT2D eigenvalue weighted by atomic mass is 10.1. The van der Waals surface area contributed by atoms with Crippen molar-refractivity contribution in [2.45, 2.75) is 0 Å². The fourth-order valence-corrected chi connectivity index (χ4v) is 1.49. The molecule has 1 heterocycles. The molecule has 0 fully saturated rings. The van der Waals surface area contributed by atoms with Crippen LogP contribution in [0.2, 0.25) is 0 Å². The van der Waals surface area contributed by atoms with E-state index in [0.29, 0.717) is 11.3 Å². The fourth-order valence-electron chi connectivity index (χ4n) is 1.49. The second kappa shape index (κ2) is 3.89. The van der Waals surface area contributed by atoms with Gasteiger partial charge in [0, 0.05) is 11.3 Å². The van der Waals surface area contributed by atoms with E-state index in [1.165, 1.54) is 12.1 Å². The maximum atomic E-state index is 13.0. The number of halogens is 2. The van der Waals surface area contributed by atoms with Crippen molar-refractivity contribution in [1.29, 1.82) is 0 Å². The molecular weight excluding hydrogens is 228 g/mol. The summed E-state index contributed by atoms with van der Waals surface area (Å²) in [5.41, 5.74) is 11.5. The highest BCUT2D eigenvalue weighted by molar-refractivity contribution is 5.98. The average molecular weight is 237 g/mol. The molecule has 1 aromatic heterocycles. The summed E-state index contributed by atoms with van der Waals surface area (Å²) in [5.74, 6) is -2.51. The summed E-state index contributed by atoms with van der Waals surface area (Å²) in [4.78, 5) is 13.7. The molecule has 0 spiro atoms. The Labute approximate surface area is 95.2 Å². The van der Waals surface area contributed by atoms with Gasteiger partial charge < -0.3 is 16.5 Å². The van der Waals surface area contributed by atoms with Gasteiger partial charge in [-0.05, 0) is 24.3 Å². The van der Waals surface area contributed by atoms with Crippen LogP contribution in [-0.4, -0.2) is 10.9 Å². The fraction of sp³-hybridized carbons (Fsp3) is 0. The summed E-state index contributed by atoms with van der Waals surface area (Å²) < 4.78 is 25.8. The first-order valence-electron chi connectivity index (χ1n) is 4.72. The summed E-state index contributed by atoms with van der Waals surface area (Å²) in [6, 6.07) is 4.76. The average Bonchev–Trinajstić information content (AvgIpc) is 2.64. The summed E-state index contributed by atoms with van der Waals surface area (Å²) in [7, 11) is 0. The third-order valence-corrected chi connectivity index (χ3v) is 2.34. The first-order chi connectivity index (χ1) is 7.99. The van der Waals surface area contributed by atoms with Crippen LogP contribution in [-0.2, 0) is 0 Å². The Bertz CT molecular complexity index is 592. The van der Waals surface area contributed by atoms with Gasteiger partial charge in [-0.3, -0.25) is 4.79 Å². The molecule has 17 heavy (non-hydrogen) atoms. The zero-order valence-corrected chi connectivity index (χ0v) is 8.63. The summed E-state index contributed by atoms with van der Waals surface area (Å²) in [5, 5.41) is 0. The number of hydrogen-bond acceptors (Lipinski definition) is 2. The Morgan fingerprint density at radius 2 is 1.88 bits per heavy atom. The minimum Gasteiger partial charge on any atom is -0.385 e. The van der Waals surface area contributed by atoms with Gasteiger partial charge in [0.1, 0.15) is 5.82 Å². The number of aromatic amines is 1. The van der Waals surface area contributed by atoms with E-state index in [1.807, 2.05) is 0 Å². The van der Waals surface area contributed by atoms with Gasteiger partial charge in [0.2, 0.25) is 0 Å². The van der Waals surface area contributed by atoms with Crippen molar-refractivity contribution in [3.05, 3.63) is 41.5 Å². The van der Waals surface area contributed by atoms with Gasteiger partial charge in [-0.15, -0.1) is 0 Å². The van der Waals surface area contributed by atoms with E-state index in [2.05, 4.69) is 4.98 Å². The molecule has 0 aliphatic rings. The standard InChI is InChI=1S/C11H9F2N3O/c12-7-2-1-5(3-8(7)13)9-4-6(11(15)17)10(14)16-9/h1-4,16H,14H2,(H2,15,17). The van der Waals surface area contributed by atoms with Gasteiger partial charge in [-0.25, -0.2) is 8.78 Å². The number of primary amides is 1. The van der Waals surface area contributed by atoms with Gasteiger partial charge in [0.25, 0.3) is 5.91 Å². The summed E-state index contributed by atoms with van der Waals surface area (Å²) >= 11 is 0. The molecule has 6 heteroatoms. The number of nitrogen functional groups attached to an aromatic ring is 1. The number of amides is 1. The number of benzene rings is 1. The number of rotatable bonds is 2. The molecule has 0 unspecified atom stereocenters. The highest BCUT2D eigenvalue weighted by Crippen LogP contribution is 2.24. The van der Waals surface area contributed by atoms with E-state index in [1.54, 1.807) is 0 Å². The van der Waals surface area contributed by atoms with Gasteiger partial charge in [0.15, 0.2) is 11.6 Å². The first kappa shape index (κ1) is 11.1. The summed E-state index contributed by atoms with van der Waals surface area (Å²) in [6.07, 6.45) is 0. The normalized spacial score (nSPS) is 10.5. The van der Waals surface area contributed by atoms with Crippen molar-refractivity contribution in [3.63, 3.8) is 0 Å². The molecule has 5 N–H and O–H groups in total. The second-order valence-electron chi connectivity index (χ2n) is 3.50. The number of nitrogens with two attached hydrogens (primary N) is 2. The molecule has 1 amide bonds. The maximum absolute atomic E-state index is 13.0. The molecule has 0 atom stereocenters. The van der Waals surface area contributed by atoms with Crippen LogP contribution in [0.25, 0.3) is 11.3 Å². The van der Waals surface area contributed by atoms with Crippen LogP contribution in [0, 0.1) is 11.6 Å². The lowest BCUT2D eigenvalue weighted by Crippen LogP contribution is -2.11. The molecule has 0 aliphatic carbocycles. The van der Waals surface area contributed by atoms with Crippen LogP contribution in [0.3, 0.4) is 0 Å². The van der Waals surface area contributed by atoms with E-state index >= 15 is 0 Å². The van der Waals surface area contributed by atoms with Crippen molar-refractivity contribution in [1.82, 2.24) is 4.98 Å². The van der Waals surface area contributed by atoms with Crippen molar-refractivity contribution < 1.29 is 13.6 Å². The number of nitrogens with one attached hydrogen (secondary N) is 1. The number of carbonyl (C=O) groups is 1. The molecule has 88 valence electrons. The predicted molar refractivity (Wildman–Crippen MR) is 59.1 cm³/mol. The number of H-pyrrole nitrogens is 1. The van der Waals surface area contributed by atoms with Crippen LogP contribution >= 0.6 is 0 Å². The Hall–Kier alpha value is -2.37. The van der Waals surface area contributed by atoms with E-state index in [9.17, 15) is 13.6 Å². The molecule has 0 aliphatic heterocycles. The van der Waals surface area contributed by atoms with Crippen LogP contribution in [0.15, 0.2) is 24.3 Å². The molecule has 0 saturated heterocycles. The van der Waals surface area contributed by atoms with E-state index in [0.717, 1.165) is 12.1 Å². The third kappa shape index (κ3) is 1.96. The minimum atomic E-state index is -0.976. The van der Waals surface area contributed by atoms with Gasteiger partial charge >= 0.3 is 0 Å². The maximum Gasteiger partial charge on any atom is 0.252 e. The number of hydrogen-bond donors (Lipinski definition) is 3. The van der Waals surface area contributed by atoms with E-state index in [-0.39, 0.29) is 11.4 Å². The Morgan fingerprint density at radius 3 is 2.41 bits per heavy atom. The van der Waals surface area contributed by atoms with Gasteiger partial charge in [-0.2, -0.15) is 0 Å². The van der Waals surface area contributed by atoms with Crippen LogP contribution in [0.1, 0.15) is 10.4 Å². The SMILES string of the molecule is NC(=O)c1cc(-c2ccc(F)c(F)c2)[nH]c1N. The number of aromatic nitrogens is 1. The molecule has 2 rings (SSSR count). The lowest BCUT2D eigenvalue weighted by molar-refractivity contribution is 0.100. The van der Waals surface area contributed by atoms with Crippen molar-refractivity contribution in [3.8, 4) is 11.3 Å². The van der Waals surface area contributed by atoms with E-state index < -0.39 is 17.5 Å². The molecule has 0 bridgehead atoms. The van der Waals surface area contributed by atoms with Gasteiger partial charge in [-0.1, -0.05) is 0 Å². The second-order valence-corrected chi connectivity index (χ2v) is 3.50. The quantitative estimate of drug-likeness (QED) is 0.741. The molecule has 4 nitrogen and oxygen atoms in total. The Kier molecular flexibility index (Phi) is 2.55. The third-order valence-electron chi connectivity index (χ3n) is 2.34. The zero-order valence-electron chi connectivity index (χ0n) is 8.63. The van der Waals surface area contributed by atoms with Crippen molar-refractivity contribution in [2.75, 3.05) is 5.73 Å². The Morgan fingerprint density at radius 1 is 1.18 bits per heavy atom.